The van der Waals surface area contributed by atoms with Gasteiger partial charge >= 0.3 is 5.97 Å². The average molecular weight is 297 g/mol. The van der Waals surface area contributed by atoms with Crippen LogP contribution in [0.5, 0.6) is 0 Å². The molecule has 2 rings (SSSR count). The fourth-order valence-corrected chi connectivity index (χ4v) is 2.22. The van der Waals surface area contributed by atoms with Crippen LogP contribution in [-0.4, -0.2) is 22.0 Å². The van der Waals surface area contributed by atoms with Gasteiger partial charge in [0.1, 0.15) is 5.69 Å². The lowest BCUT2D eigenvalue weighted by Crippen LogP contribution is -2.15. The normalized spacial score (nSPS) is 10.2. The first-order valence-electron chi connectivity index (χ1n) is 5.23. The standard InChI is InChI=1S/C12H9ClN2O3S/c1-6-14-10(5-19-6)11(16)15-9-3-2-7(13)4-8(9)12(17)18/h2-5H,1H3,(H,15,16)(H,17,18). The van der Waals surface area contributed by atoms with Crippen LogP contribution in [0.2, 0.25) is 5.02 Å². The highest BCUT2D eigenvalue weighted by Gasteiger charge is 2.15. The van der Waals surface area contributed by atoms with Gasteiger partial charge in [-0.25, -0.2) is 9.78 Å². The summed E-state index contributed by atoms with van der Waals surface area (Å²) < 4.78 is 0. The lowest BCUT2D eigenvalue weighted by molar-refractivity contribution is 0.0698. The molecular formula is C12H9ClN2O3S. The summed E-state index contributed by atoms with van der Waals surface area (Å²) in [6.45, 7) is 1.78. The molecule has 19 heavy (non-hydrogen) atoms. The molecular weight excluding hydrogens is 288 g/mol. The van der Waals surface area contributed by atoms with E-state index < -0.39 is 11.9 Å². The first-order chi connectivity index (χ1) is 8.97. The summed E-state index contributed by atoms with van der Waals surface area (Å²) in [5.41, 5.74) is 0.383. The molecule has 0 aliphatic carbocycles. The van der Waals surface area contributed by atoms with E-state index in [1.54, 1.807) is 12.3 Å². The van der Waals surface area contributed by atoms with Gasteiger partial charge in [-0.2, -0.15) is 0 Å². The van der Waals surface area contributed by atoms with Crippen molar-refractivity contribution in [1.29, 1.82) is 0 Å². The second-order valence-electron chi connectivity index (χ2n) is 3.70. The Morgan fingerprint density at radius 3 is 2.74 bits per heavy atom. The smallest absolute Gasteiger partial charge is 0.337 e. The predicted octanol–water partition coefficient (Wildman–Crippen LogP) is 3.06. The number of aromatic carboxylic acids is 1. The molecule has 1 aromatic heterocycles. The number of nitrogens with one attached hydrogen (secondary N) is 1. The number of halogens is 1. The molecule has 2 N–H and O–H groups in total. The maximum Gasteiger partial charge on any atom is 0.337 e. The van der Waals surface area contributed by atoms with Crippen molar-refractivity contribution in [3.05, 3.63) is 44.9 Å². The highest BCUT2D eigenvalue weighted by atomic mass is 35.5. The molecule has 0 aliphatic heterocycles. The zero-order valence-electron chi connectivity index (χ0n) is 9.81. The van der Waals surface area contributed by atoms with Crippen LogP contribution < -0.4 is 5.32 Å². The van der Waals surface area contributed by atoms with E-state index in [1.807, 2.05) is 0 Å². The van der Waals surface area contributed by atoms with Crippen molar-refractivity contribution >= 4 is 40.5 Å². The highest BCUT2D eigenvalue weighted by Crippen LogP contribution is 2.21. The summed E-state index contributed by atoms with van der Waals surface area (Å²) in [5.74, 6) is -1.61. The number of carboxylic acid groups (broad SMARTS) is 1. The second kappa shape index (κ2) is 5.38. The number of hydrogen-bond donors (Lipinski definition) is 2. The molecule has 0 saturated carbocycles. The minimum atomic E-state index is -1.16. The van der Waals surface area contributed by atoms with Crippen molar-refractivity contribution in [2.45, 2.75) is 6.92 Å². The van der Waals surface area contributed by atoms with Gasteiger partial charge in [0.15, 0.2) is 0 Å². The largest absolute Gasteiger partial charge is 0.478 e. The summed E-state index contributed by atoms with van der Waals surface area (Å²) in [4.78, 5) is 27.0. The van der Waals surface area contributed by atoms with E-state index in [9.17, 15) is 9.59 Å². The number of benzene rings is 1. The number of amides is 1. The van der Waals surface area contributed by atoms with Crippen LogP contribution in [0.1, 0.15) is 25.9 Å². The van der Waals surface area contributed by atoms with Gasteiger partial charge in [0.2, 0.25) is 0 Å². The lowest BCUT2D eigenvalue weighted by atomic mass is 10.1. The van der Waals surface area contributed by atoms with Crippen molar-refractivity contribution in [2.75, 3.05) is 5.32 Å². The molecule has 98 valence electrons. The number of hydrogen-bond acceptors (Lipinski definition) is 4. The number of carboxylic acids is 1. The molecule has 0 unspecified atom stereocenters. The Morgan fingerprint density at radius 2 is 2.16 bits per heavy atom. The zero-order chi connectivity index (χ0) is 14.0. The van der Waals surface area contributed by atoms with Crippen LogP contribution >= 0.6 is 22.9 Å². The number of anilines is 1. The first kappa shape index (κ1) is 13.5. The van der Waals surface area contributed by atoms with Crippen LogP contribution in [0.4, 0.5) is 5.69 Å². The van der Waals surface area contributed by atoms with Gasteiger partial charge in [0, 0.05) is 10.4 Å². The van der Waals surface area contributed by atoms with E-state index in [0.717, 1.165) is 5.01 Å². The van der Waals surface area contributed by atoms with Crippen LogP contribution in [-0.2, 0) is 0 Å². The average Bonchev–Trinajstić information content (AvgIpc) is 2.78. The zero-order valence-corrected chi connectivity index (χ0v) is 11.4. The Hall–Kier alpha value is -1.92. The molecule has 2 aromatic rings. The van der Waals surface area contributed by atoms with Gasteiger partial charge in [0.25, 0.3) is 5.91 Å². The number of thiazole rings is 1. The number of carbonyl (C=O) groups is 2. The van der Waals surface area contributed by atoms with E-state index in [-0.39, 0.29) is 16.9 Å². The number of aryl methyl sites for hydroxylation is 1. The maximum atomic E-state index is 11.9. The third-order valence-electron chi connectivity index (χ3n) is 2.31. The number of rotatable bonds is 3. The first-order valence-corrected chi connectivity index (χ1v) is 6.49. The molecule has 0 radical (unpaired) electrons. The minimum absolute atomic E-state index is 0.0622. The maximum absolute atomic E-state index is 11.9. The molecule has 0 fully saturated rings. The minimum Gasteiger partial charge on any atom is -0.478 e. The molecule has 0 spiro atoms. The van der Waals surface area contributed by atoms with Crippen LogP contribution in [0, 0.1) is 6.92 Å². The third kappa shape index (κ3) is 3.10. The van der Waals surface area contributed by atoms with E-state index in [0.29, 0.717) is 5.02 Å². The van der Waals surface area contributed by atoms with E-state index >= 15 is 0 Å². The quantitative estimate of drug-likeness (QED) is 0.912. The third-order valence-corrected chi connectivity index (χ3v) is 3.32. The molecule has 5 nitrogen and oxygen atoms in total. The van der Waals surface area contributed by atoms with Crippen LogP contribution in [0.3, 0.4) is 0 Å². The summed E-state index contributed by atoms with van der Waals surface area (Å²) in [7, 11) is 0. The molecule has 0 aliphatic rings. The van der Waals surface area contributed by atoms with Gasteiger partial charge in [-0.05, 0) is 25.1 Å². The Balaban J connectivity index is 2.28. The fourth-order valence-electron chi connectivity index (χ4n) is 1.46. The molecule has 0 saturated heterocycles. The van der Waals surface area contributed by atoms with Crippen molar-refractivity contribution in [3.63, 3.8) is 0 Å². The van der Waals surface area contributed by atoms with Crippen LogP contribution in [0.25, 0.3) is 0 Å². The van der Waals surface area contributed by atoms with E-state index in [4.69, 9.17) is 16.7 Å². The summed E-state index contributed by atoms with van der Waals surface area (Å²) in [5, 5.41) is 14.2. The van der Waals surface area contributed by atoms with Crippen LogP contribution in [0.15, 0.2) is 23.6 Å². The molecule has 1 heterocycles. The van der Waals surface area contributed by atoms with Gasteiger partial charge in [0.05, 0.1) is 16.3 Å². The SMILES string of the molecule is Cc1nc(C(=O)Nc2ccc(Cl)cc2C(=O)O)cs1. The number of nitrogens with zero attached hydrogens (tertiary/aromatic N) is 1. The second-order valence-corrected chi connectivity index (χ2v) is 5.20. The van der Waals surface area contributed by atoms with Crippen molar-refractivity contribution in [2.24, 2.45) is 0 Å². The topological polar surface area (TPSA) is 79.3 Å². The Morgan fingerprint density at radius 1 is 1.42 bits per heavy atom. The predicted molar refractivity (Wildman–Crippen MR) is 73.2 cm³/mol. The van der Waals surface area contributed by atoms with Gasteiger partial charge in [-0.3, -0.25) is 4.79 Å². The summed E-state index contributed by atoms with van der Waals surface area (Å²) >= 11 is 7.08. The van der Waals surface area contributed by atoms with E-state index in [2.05, 4.69) is 10.3 Å². The van der Waals surface area contributed by atoms with Crippen molar-refractivity contribution in [3.8, 4) is 0 Å². The summed E-state index contributed by atoms with van der Waals surface area (Å²) in [6.07, 6.45) is 0. The van der Waals surface area contributed by atoms with Crippen molar-refractivity contribution < 1.29 is 14.7 Å². The number of carbonyl (C=O) groups excluding carboxylic acids is 1. The molecule has 7 heteroatoms. The monoisotopic (exact) mass is 296 g/mol. The van der Waals surface area contributed by atoms with E-state index in [1.165, 1.54) is 29.5 Å². The van der Waals surface area contributed by atoms with Gasteiger partial charge in [-0.15, -0.1) is 11.3 Å². The fraction of sp³-hybridized carbons (Fsp3) is 0.0833. The molecule has 0 bridgehead atoms. The molecule has 1 aromatic carbocycles. The Bertz CT molecular complexity index is 654. The van der Waals surface area contributed by atoms with Crippen molar-refractivity contribution in [1.82, 2.24) is 4.98 Å². The number of aromatic nitrogens is 1. The summed E-state index contributed by atoms with van der Waals surface area (Å²) in [6, 6.07) is 4.24. The molecule has 0 atom stereocenters. The lowest BCUT2D eigenvalue weighted by Gasteiger charge is -2.07. The molecule has 1 amide bonds. The Labute approximate surface area is 117 Å². The van der Waals surface area contributed by atoms with Gasteiger partial charge in [-0.1, -0.05) is 11.6 Å². The highest BCUT2D eigenvalue weighted by molar-refractivity contribution is 7.09. The van der Waals surface area contributed by atoms with Gasteiger partial charge < -0.3 is 10.4 Å². The Kier molecular flexibility index (Phi) is 3.82.